The Morgan fingerprint density at radius 1 is 1.17 bits per heavy atom. The van der Waals surface area contributed by atoms with E-state index in [4.69, 9.17) is 9.47 Å². The number of aromatic amines is 1. The van der Waals surface area contributed by atoms with Crippen molar-refractivity contribution in [3.05, 3.63) is 18.0 Å². The lowest BCUT2D eigenvalue weighted by Gasteiger charge is -2.60. The zero-order chi connectivity index (χ0) is 20.8. The summed E-state index contributed by atoms with van der Waals surface area (Å²) in [7, 11) is 0. The summed E-state index contributed by atoms with van der Waals surface area (Å²) >= 11 is 0. The summed E-state index contributed by atoms with van der Waals surface area (Å²) in [4.78, 5) is 39.8. The van der Waals surface area contributed by atoms with Crippen LogP contribution in [0.4, 0.5) is 10.6 Å². The smallest absolute Gasteiger partial charge is 0.410 e. The van der Waals surface area contributed by atoms with Crippen molar-refractivity contribution in [3.63, 3.8) is 0 Å². The van der Waals surface area contributed by atoms with Gasteiger partial charge in [0.05, 0.1) is 12.1 Å². The standard InChI is InChI=1S/C20H27N5O4/c1-5-28-16(26)8-14-21-13-6-7-15(23-17(13)22-14)24-9-20(10-24)11-25(12-20)18(27)29-19(2,3)4/h6-7H,5,8-12H2,1-4H3,(H,21,22,23). The van der Waals surface area contributed by atoms with Crippen molar-refractivity contribution in [3.8, 4) is 0 Å². The molecule has 9 nitrogen and oxygen atoms in total. The molecule has 2 fully saturated rings. The SMILES string of the molecule is CCOC(=O)Cc1nc2nc(N3CC4(CN(C(=O)OC(C)(C)C)C4)C3)ccc2[nH]1. The van der Waals surface area contributed by atoms with Crippen LogP contribution in [0.15, 0.2) is 12.1 Å². The van der Waals surface area contributed by atoms with E-state index < -0.39 is 5.60 Å². The number of carbonyl (C=O) groups is 2. The molecule has 0 aliphatic carbocycles. The predicted octanol–water partition coefficient (Wildman–Crippen LogP) is 2.12. The number of hydrogen-bond donors (Lipinski definition) is 1. The number of nitrogens with zero attached hydrogens (tertiary/aromatic N) is 4. The van der Waals surface area contributed by atoms with Gasteiger partial charge in [0.1, 0.15) is 23.7 Å². The van der Waals surface area contributed by atoms with Gasteiger partial charge in [-0.05, 0) is 39.8 Å². The number of H-pyrrole nitrogens is 1. The number of likely N-dealkylation sites (tertiary alicyclic amines) is 1. The molecule has 0 radical (unpaired) electrons. The van der Waals surface area contributed by atoms with Gasteiger partial charge in [0.2, 0.25) is 0 Å². The van der Waals surface area contributed by atoms with Gasteiger partial charge in [-0.3, -0.25) is 4.79 Å². The van der Waals surface area contributed by atoms with Crippen molar-refractivity contribution in [2.75, 3.05) is 37.7 Å². The number of pyridine rings is 1. The van der Waals surface area contributed by atoms with E-state index in [1.165, 1.54) is 0 Å². The molecule has 2 aromatic rings. The van der Waals surface area contributed by atoms with Crippen molar-refractivity contribution in [1.29, 1.82) is 0 Å². The second kappa shape index (κ2) is 6.89. The third-order valence-corrected chi connectivity index (χ3v) is 5.08. The van der Waals surface area contributed by atoms with Crippen LogP contribution < -0.4 is 4.90 Å². The lowest BCUT2D eigenvalue weighted by Crippen LogP contribution is -2.73. The molecular weight excluding hydrogens is 374 g/mol. The summed E-state index contributed by atoms with van der Waals surface area (Å²) in [6, 6.07) is 3.88. The van der Waals surface area contributed by atoms with Gasteiger partial charge in [-0.1, -0.05) is 0 Å². The minimum atomic E-state index is -0.472. The maximum Gasteiger partial charge on any atom is 0.410 e. The topological polar surface area (TPSA) is 101 Å². The molecule has 1 spiro atoms. The highest BCUT2D eigenvalue weighted by molar-refractivity contribution is 5.77. The Bertz CT molecular complexity index is 934. The van der Waals surface area contributed by atoms with Crippen LogP contribution in [-0.4, -0.2) is 70.3 Å². The molecule has 29 heavy (non-hydrogen) atoms. The number of aromatic nitrogens is 3. The second-order valence-corrected chi connectivity index (χ2v) is 8.90. The summed E-state index contributed by atoms with van der Waals surface area (Å²) in [6.07, 6.45) is -0.140. The van der Waals surface area contributed by atoms with E-state index in [1.807, 2.05) is 32.9 Å². The Kier molecular flexibility index (Phi) is 4.63. The third kappa shape index (κ3) is 3.99. The number of esters is 1. The van der Waals surface area contributed by atoms with Crippen LogP contribution in [0.3, 0.4) is 0 Å². The van der Waals surface area contributed by atoms with E-state index in [0.29, 0.717) is 31.2 Å². The first-order valence-electron chi connectivity index (χ1n) is 9.90. The van der Waals surface area contributed by atoms with Gasteiger partial charge >= 0.3 is 12.1 Å². The van der Waals surface area contributed by atoms with E-state index in [2.05, 4.69) is 19.9 Å². The molecular formula is C20H27N5O4. The fourth-order valence-electron chi connectivity index (χ4n) is 3.89. The number of rotatable bonds is 4. The molecule has 4 heterocycles. The maximum absolute atomic E-state index is 12.1. The van der Waals surface area contributed by atoms with E-state index >= 15 is 0 Å². The second-order valence-electron chi connectivity index (χ2n) is 8.90. The highest BCUT2D eigenvalue weighted by Crippen LogP contribution is 2.42. The molecule has 1 N–H and O–H groups in total. The van der Waals surface area contributed by atoms with Crippen molar-refractivity contribution in [2.45, 2.75) is 39.7 Å². The first-order chi connectivity index (χ1) is 13.7. The Balaban J connectivity index is 1.34. The van der Waals surface area contributed by atoms with Crippen molar-refractivity contribution in [2.24, 2.45) is 5.41 Å². The van der Waals surface area contributed by atoms with Crippen molar-refractivity contribution < 1.29 is 19.1 Å². The minimum absolute atomic E-state index is 0.104. The number of hydrogen-bond acceptors (Lipinski definition) is 7. The first kappa shape index (κ1) is 19.5. The molecule has 1 amide bonds. The molecule has 156 valence electrons. The molecule has 2 aromatic heterocycles. The Morgan fingerprint density at radius 2 is 1.90 bits per heavy atom. The largest absolute Gasteiger partial charge is 0.466 e. The lowest BCUT2D eigenvalue weighted by atomic mass is 9.73. The minimum Gasteiger partial charge on any atom is -0.466 e. The van der Waals surface area contributed by atoms with Crippen LogP contribution in [0.5, 0.6) is 0 Å². The molecule has 0 atom stereocenters. The summed E-state index contributed by atoms with van der Waals surface area (Å²) in [5, 5.41) is 0. The van der Waals surface area contributed by atoms with Crippen LogP contribution in [0.1, 0.15) is 33.5 Å². The van der Waals surface area contributed by atoms with Gasteiger partial charge in [-0.15, -0.1) is 0 Å². The van der Waals surface area contributed by atoms with E-state index in [-0.39, 0.29) is 23.9 Å². The molecule has 4 rings (SSSR count). The molecule has 2 saturated heterocycles. The predicted molar refractivity (Wildman–Crippen MR) is 107 cm³/mol. The number of ether oxygens (including phenoxy) is 2. The number of carbonyl (C=O) groups excluding carboxylic acids is 2. The van der Waals surface area contributed by atoms with Gasteiger partial charge in [0, 0.05) is 31.6 Å². The highest BCUT2D eigenvalue weighted by Gasteiger charge is 2.54. The molecule has 2 aliphatic heterocycles. The first-order valence-corrected chi connectivity index (χ1v) is 9.90. The van der Waals surface area contributed by atoms with E-state index in [0.717, 1.165) is 24.4 Å². The quantitative estimate of drug-likeness (QED) is 0.783. The maximum atomic E-state index is 12.1. The molecule has 9 heteroatoms. The lowest BCUT2D eigenvalue weighted by molar-refractivity contribution is -0.142. The number of amides is 1. The van der Waals surface area contributed by atoms with Crippen LogP contribution in [-0.2, 0) is 20.7 Å². The van der Waals surface area contributed by atoms with Crippen LogP contribution in [0.2, 0.25) is 0 Å². The fraction of sp³-hybridized carbons (Fsp3) is 0.600. The molecule has 2 aliphatic rings. The average molecular weight is 401 g/mol. The molecule has 0 bridgehead atoms. The number of anilines is 1. The molecule has 0 aromatic carbocycles. The van der Waals surface area contributed by atoms with Gasteiger partial charge in [-0.25, -0.2) is 14.8 Å². The summed E-state index contributed by atoms with van der Waals surface area (Å²) in [5.41, 5.74) is 1.05. The van der Waals surface area contributed by atoms with Gasteiger partial charge in [0.15, 0.2) is 5.65 Å². The summed E-state index contributed by atoms with van der Waals surface area (Å²) < 4.78 is 10.4. The highest BCUT2D eigenvalue weighted by atomic mass is 16.6. The fourth-order valence-corrected chi connectivity index (χ4v) is 3.89. The third-order valence-electron chi connectivity index (χ3n) is 5.08. The van der Waals surface area contributed by atoms with Gasteiger partial charge in [-0.2, -0.15) is 0 Å². The average Bonchev–Trinajstić information content (AvgIpc) is 2.92. The van der Waals surface area contributed by atoms with E-state index in [9.17, 15) is 9.59 Å². The number of fused-ring (bicyclic) bond motifs is 1. The Hall–Kier alpha value is -2.84. The van der Waals surface area contributed by atoms with Crippen molar-refractivity contribution >= 4 is 29.0 Å². The number of imidazole rings is 1. The van der Waals surface area contributed by atoms with E-state index in [1.54, 1.807) is 11.8 Å². The van der Waals surface area contributed by atoms with Crippen molar-refractivity contribution in [1.82, 2.24) is 19.9 Å². The van der Waals surface area contributed by atoms with Gasteiger partial charge in [0.25, 0.3) is 0 Å². The Labute approximate surface area is 169 Å². The summed E-state index contributed by atoms with van der Waals surface area (Å²) in [5.74, 6) is 1.10. The molecule has 0 saturated carbocycles. The van der Waals surface area contributed by atoms with Crippen LogP contribution >= 0.6 is 0 Å². The molecule has 0 unspecified atom stereocenters. The monoisotopic (exact) mass is 401 g/mol. The Morgan fingerprint density at radius 3 is 2.55 bits per heavy atom. The van der Waals surface area contributed by atoms with Crippen LogP contribution in [0, 0.1) is 5.41 Å². The number of nitrogens with one attached hydrogen (secondary N) is 1. The zero-order valence-corrected chi connectivity index (χ0v) is 17.3. The summed E-state index contributed by atoms with van der Waals surface area (Å²) in [6.45, 7) is 10.9. The van der Waals surface area contributed by atoms with Gasteiger partial charge < -0.3 is 24.3 Å². The normalized spacial score (nSPS) is 17.8. The van der Waals surface area contributed by atoms with Crippen LogP contribution in [0.25, 0.3) is 11.2 Å². The zero-order valence-electron chi connectivity index (χ0n) is 17.3.